The summed E-state index contributed by atoms with van der Waals surface area (Å²) in [5.41, 5.74) is 4.47. The predicted octanol–water partition coefficient (Wildman–Crippen LogP) is 3.80. The lowest BCUT2D eigenvalue weighted by atomic mass is 10.1. The quantitative estimate of drug-likeness (QED) is 0.579. The highest BCUT2D eigenvalue weighted by Gasteiger charge is 2.10. The van der Waals surface area contributed by atoms with Crippen molar-refractivity contribution in [3.63, 3.8) is 0 Å². The van der Waals surface area contributed by atoms with Crippen molar-refractivity contribution in [3.8, 4) is 16.9 Å². The van der Waals surface area contributed by atoms with Gasteiger partial charge in [0.05, 0.1) is 24.1 Å². The molecule has 26 heavy (non-hydrogen) atoms. The van der Waals surface area contributed by atoms with Crippen molar-refractivity contribution in [2.24, 2.45) is 0 Å². The van der Waals surface area contributed by atoms with Gasteiger partial charge in [0.2, 0.25) is 0 Å². The fraction of sp³-hybridized carbons (Fsp3) is 0.0476. The molecule has 0 radical (unpaired) electrons. The summed E-state index contributed by atoms with van der Waals surface area (Å²) in [6.07, 6.45) is 3.60. The third-order valence-corrected chi connectivity index (χ3v) is 4.17. The number of carbonyl (C=O) groups excluding carboxylic acids is 1. The fourth-order valence-corrected chi connectivity index (χ4v) is 2.87. The van der Waals surface area contributed by atoms with Crippen LogP contribution in [0.2, 0.25) is 0 Å². The maximum Gasteiger partial charge on any atom is 0.251 e. The van der Waals surface area contributed by atoms with Gasteiger partial charge in [0.1, 0.15) is 0 Å². The van der Waals surface area contributed by atoms with Gasteiger partial charge in [-0.25, -0.2) is 4.68 Å². The Morgan fingerprint density at radius 2 is 1.88 bits per heavy atom. The van der Waals surface area contributed by atoms with E-state index >= 15 is 0 Å². The first kappa shape index (κ1) is 15.9. The minimum absolute atomic E-state index is 0.116. The van der Waals surface area contributed by atoms with Crippen LogP contribution in [0.15, 0.2) is 85.2 Å². The molecule has 0 saturated carbocycles. The molecular weight excluding hydrogens is 324 g/mol. The van der Waals surface area contributed by atoms with E-state index in [0.717, 1.165) is 22.6 Å². The number of amides is 1. The maximum atomic E-state index is 12.5. The second-order valence-corrected chi connectivity index (χ2v) is 5.92. The van der Waals surface area contributed by atoms with Crippen LogP contribution >= 0.6 is 0 Å². The number of carbonyl (C=O) groups is 1. The van der Waals surface area contributed by atoms with E-state index in [0.29, 0.717) is 12.1 Å². The minimum Gasteiger partial charge on any atom is -0.364 e. The van der Waals surface area contributed by atoms with E-state index in [2.05, 4.69) is 15.4 Å². The molecule has 2 heterocycles. The van der Waals surface area contributed by atoms with Gasteiger partial charge in [0.25, 0.3) is 5.91 Å². The summed E-state index contributed by atoms with van der Waals surface area (Å²) < 4.78 is 1.84. The molecule has 2 aromatic heterocycles. The number of H-pyrrole nitrogens is 1. The number of aromatic nitrogens is 3. The van der Waals surface area contributed by atoms with Crippen LogP contribution in [0.5, 0.6) is 0 Å². The fourth-order valence-electron chi connectivity index (χ4n) is 2.87. The SMILES string of the molecule is O=C(NCc1ccc[nH]1)c1cccc(-n2nccc2-c2ccccc2)c1. The zero-order valence-electron chi connectivity index (χ0n) is 14.1. The number of hydrogen-bond donors (Lipinski definition) is 2. The summed E-state index contributed by atoms with van der Waals surface area (Å²) in [7, 11) is 0. The first-order chi connectivity index (χ1) is 12.8. The Hall–Kier alpha value is -3.60. The maximum absolute atomic E-state index is 12.5. The first-order valence-corrected chi connectivity index (χ1v) is 8.41. The van der Waals surface area contributed by atoms with E-state index in [1.54, 1.807) is 12.3 Å². The van der Waals surface area contributed by atoms with Gasteiger partial charge in [0, 0.05) is 23.0 Å². The van der Waals surface area contributed by atoms with Crippen molar-refractivity contribution >= 4 is 5.91 Å². The average Bonchev–Trinajstić information content (AvgIpc) is 3.39. The number of hydrogen-bond acceptors (Lipinski definition) is 2. The van der Waals surface area contributed by atoms with E-state index in [1.165, 1.54) is 0 Å². The zero-order valence-corrected chi connectivity index (χ0v) is 14.1. The van der Waals surface area contributed by atoms with Gasteiger partial charge in [-0.15, -0.1) is 0 Å². The molecule has 0 aliphatic heterocycles. The highest BCUT2D eigenvalue weighted by molar-refractivity contribution is 5.94. The van der Waals surface area contributed by atoms with Crippen molar-refractivity contribution in [3.05, 3.63) is 96.4 Å². The molecule has 4 rings (SSSR count). The normalized spacial score (nSPS) is 10.6. The minimum atomic E-state index is -0.116. The van der Waals surface area contributed by atoms with Crippen LogP contribution in [0.4, 0.5) is 0 Å². The third kappa shape index (κ3) is 3.28. The number of nitrogens with one attached hydrogen (secondary N) is 2. The van der Waals surface area contributed by atoms with Crippen LogP contribution in [0.25, 0.3) is 16.9 Å². The van der Waals surface area contributed by atoms with E-state index < -0.39 is 0 Å². The molecule has 0 spiro atoms. The molecule has 0 aliphatic rings. The van der Waals surface area contributed by atoms with Crippen LogP contribution in [0, 0.1) is 0 Å². The molecule has 0 unspecified atom stereocenters. The lowest BCUT2D eigenvalue weighted by Gasteiger charge is -2.10. The van der Waals surface area contributed by atoms with Crippen LogP contribution < -0.4 is 5.32 Å². The first-order valence-electron chi connectivity index (χ1n) is 8.41. The summed E-state index contributed by atoms with van der Waals surface area (Å²) in [4.78, 5) is 15.5. The number of aromatic amines is 1. The number of benzene rings is 2. The summed E-state index contributed by atoms with van der Waals surface area (Å²) >= 11 is 0. The lowest BCUT2D eigenvalue weighted by Crippen LogP contribution is -2.23. The van der Waals surface area contributed by atoms with Crippen LogP contribution in [-0.2, 0) is 6.54 Å². The second-order valence-electron chi connectivity index (χ2n) is 5.92. The van der Waals surface area contributed by atoms with Gasteiger partial charge in [-0.2, -0.15) is 5.10 Å². The summed E-state index contributed by atoms with van der Waals surface area (Å²) in [5, 5.41) is 7.35. The van der Waals surface area contributed by atoms with Gasteiger partial charge in [-0.1, -0.05) is 36.4 Å². The monoisotopic (exact) mass is 342 g/mol. The summed E-state index contributed by atoms with van der Waals surface area (Å²) in [6, 6.07) is 23.3. The van der Waals surface area contributed by atoms with Crippen molar-refractivity contribution in [1.29, 1.82) is 0 Å². The van der Waals surface area contributed by atoms with Crippen LogP contribution in [0.3, 0.4) is 0 Å². The van der Waals surface area contributed by atoms with E-state index in [-0.39, 0.29) is 5.91 Å². The molecular formula is C21H18N4O. The van der Waals surface area contributed by atoms with E-state index in [4.69, 9.17) is 0 Å². The highest BCUT2D eigenvalue weighted by atomic mass is 16.1. The topological polar surface area (TPSA) is 62.7 Å². The van der Waals surface area contributed by atoms with Gasteiger partial charge in [0.15, 0.2) is 0 Å². The summed E-state index contributed by atoms with van der Waals surface area (Å²) in [5.74, 6) is -0.116. The lowest BCUT2D eigenvalue weighted by molar-refractivity contribution is 0.0950. The van der Waals surface area contributed by atoms with Gasteiger partial charge < -0.3 is 10.3 Å². The van der Waals surface area contributed by atoms with Crippen LogP contribution in [-0.4, -0.2) is 20.7 Å². The average molecular weight is 342 g/mol. The molecule has 1 amide bonds. The molecule has 0 saturated heterocycles. The van der Waals surface area contributed by atoms with E-state index in [9.17, 15) is 4.79 Å². The molecule has 5 heteroatoms. The van der Waals surface area contributed by atoms with Crippen molar-refractivity contribution < 1.29 is 4.79 Å². The number of rotatable bonds is 5. The predicted molar refractivity (Wildman–Crippen MR) is 101 cm³/mol. The molecule has 0 aliphatic carbocycles. The Morgan fingerprint density at radius 1 is 1.00 bits per heavy atom. The Labute approximate surface area is 151 Å². The Kier molecular flexibility index (Phi) is 4.35. The van der Waals surface area contributed by atoms with Crippen molar-refractivity contribution in [1.82, 2.24) is 20.1 Å². The molecule has 2 N–H and O–H groups in total. The smallest absolute Gasteiger partial charge is 0.251 e. The Bertz CT molecular complexity index is 1000. The molecule has 0 fully saturated rings. The molecule has 0 atom stereocenters. The molecule has 4 aromatic rings. The standard InChI is InChI=1S/C21H18N4O/c26-21(23-15-18-9-5-12-22-18)17-8-4-10-19(14-17)25-20(11-13-24-25)16-6-2-1-3-7-16/h1-14,22H,15H2,(H,23,26). The largest absolute Gasteiger partial charge is 0.364 e. The zero-order chi connectivity index (χ0) is 17.8. The van der Waals surface area contributed by atoms with Gasteiger partial charge >= 0.3 is 0 Å². The third-order valence-electron chi connectivity index (χ3n) is 4.17. The van der Waals surface area contributed by atoms with Gasteiger partial charge in [-0.3, -0.25) is 4.79 Å². The van der Waals surface area contributed by atoms with E-state index in [1.807, 2.05) is 77.6 Å². The molecule has 2 aromatic carbocycles. The highest BCUT2D eigenvalue weighted by Crippen LogP contribution is 2.22. The molecule has 0 bridgehead atoms. The van der Waals surface area contributed by atoms with Crippen molar-refractivity contribution in [2.75, 3.05) is 0 Å². The number of nitrogens with zero attached hydrogens (tertiary/aromatic N) is 2. The molecule has 128 valence electrons. The summed E-state index contributed by atoms with van der Waals surface area (Å²) in [6.45, 7) is 0.465. The second kappa shape index (κ2) is 7.11. The molecule has 5 nitrogen and oxygen atoms in total. The Balaban J connectivity index is 1.59. The van der Waals surface area contributed by atoms with Crippen molar-refractivity contribution in [2.45, 2.75) is 6.54 Å². The Morgan fingerprint density at radius 3 is 2.69 bits per heavy atom. The van der Waals surface area contributed by atoms with Gasteiger partial charge in [-0.05, 0) is 36.4 Å². The van der Waals surface area contributed by atoms with Crippen LogP contribution in [0.1, 0.15) is 16.1 Å².